The average Bonchev–Trinajstić information content (AvgIpc) is 3.45. The van der Waals surface area contributed by atoms with Gasteiger partial charge in [-0.05, 0) is 63.7 Å². The van der Waals surface area contributed by atoms with Crippen LogP contribution in [0.15, 0.2) is 170 Å². The van der Waals surface area contributed by atoms with Crippen molar-refractivity contribution in [3.05, 3.63) is 175 Å². The van der Waals surface area contributed by atoms with Gasteiger partial charge in [-0.2, -0.15) is 5.26 Å². The molecular weight excluding hydrogens is 544 g/mol. The predicted octanol–water partition coefficient (Wildman–Crippen LogP) is 11.3. The van der Waals surface area contributed by atoms with Gasteiger partial charge in [0.25, 0.3) is 0 Å². The van der Waals surface area contributed by atoms with Gasteiger partial charge in [0.15, 0.2) is 0 Å². The quantitative estimate of drug-likeness (QED) is 0.202. The lowest BCUT2D eigenvalue weighted by Gasteiger charge is -2.18. The van der Waals surface area contributed by atoms with Crippen molar-refractivity contribution in [2.45, 2.75) is 0 Å². The average molecular weight is 573 g/mol. The van der Waals surface area contributed by atoms with Crippen LogP contribution in [-0.2, 0) is 0 Å². The Kier molecular flexibility index (Phi) is 6.56. The van der Waals surface area contributed by atoms with E-state index in [-0.39, 0.29) is 0 Å². The molecule has 0 aliphatic rings. The van der Waals surface area contributed by atoms with Gasteiger partial charge in [-0.1, -0.05) is 140 Å². The highest BCUT2D eigenvalue weighted by Gasteiger charge is 2.21. The van der Waals surface area contributed by atoms with E-state index in [9.17, 15) is 5.26 Å². The Morgan fingerprint density at radius 3 is 1.31 bits per heavy atom. The third kappa shape index (κ3) is 4.59. The normalized spacial score (nSPS) is 11.1. The van der Waals surface area contributed by atoms with E-state index in [0.29, 0.717) is 5.56 Å². The zero-order chi connectivity index (χ0) is 30.2. The van der Waals surface area contributed by atoms with Crippen molar-refractivity contribution >= 4 is 21.8 Å². The molecule has 8 rings (SSSR count). The maximum atomic E-state index is 10.7. The molecule has 210 valence electrons. The predicted molar refractivity (Wildman–Crippen MR) is 187 cm³/mol. The van der Waals surface area contributed by atoms with Crippen LogP contribution in [0.2, 0.25) is 0 Å². The van der Waals surface area contributed by atoms with Crippen LogP contribution in [0.5, 0.6) is 0 Å². The van der Waals surface area contributed by atoms with Gasteiger partial charge in [-0.25, -0.2) is 0 Å². The van der Waals surface area contributed by atoms with Gasteiger partial charge in [-0.15, -0.1) is 0 Å². The van der Waals surface area contributed by atoms with Gasteiger partial charge >= 0.3 is 0 Å². The third-order valence-electron chi connectivity index (χ3n) is 8.66. The number of benzene rings is 7. The van der Waals surface area contributed by atoms with E-state index in [4.69, 9.17) is 0 Å². The van der Waals surface area contributed by atoms with Gasteiger partial charge in [0, 0.05) is 21.9 Å². The Labute approximate surface area is 262 Å². The number of hydrogen-bond acceptors (Lipinski definition) is 1. The lowest BCUT2D eigenvalue weighted by atomic mass is 9.90. The molecule has 0 saturated carbocycles. The molecule has 0 spiro atoms. The second kappa shape index (κ2) is 11.2. The van der Waals surface area contributed by atoms with Crippen LogP contribution in [0.1, 0.15) is 5.56 Å². The second-order valence-electron chi connectivity index (χ2n) is 11.3. The highest BCUT2D eigenvalue weighted by molar-refractivity contribution is 6.12. The SMILES string of the molecule is N#Cc1c(-c2ccccc2)ccc(-n2c3ccc(-c4ccccc4)cc3c3cc(-c4ccccc4)ccc32)c1-c1ccccc1. The van der Waals surface area contributed by atoms with Crippen LogP contribution in [0.4, 0.5) is 0 Å². The zero-order valence-electron chi connectivity index (χ0n) is 24.6. The summed E-state index contributed by atoms with van der Waals surface area (Å²) < 4.78 is 2.34. The molecule has 0 fully saturated rings. The van der Waals surface area contributed by atoms with Gasteiger partial charge in [0.1, 0.15) is 6.07 Å². The summed E-state index contributed by atoms with van der Waals surface area (Å²) in [5, 5.41) is 13.1. The smallest absolute Gasteiger partial charge is 0.101 e. The van der Waals surface area contributed by atoms with Crippen LogP contribution < -0.4 is 0 Å². The lowest BCUT2D eigenvalue weighted by Crippen LogP contribution is -2.01. The van der Waals surface area contributed by atoms with E-state index in [1.54, 1.807) is 0 Å². The Morgan fingerprint density at radius 2 is 0.844 bits per heavy atom. The van der Waals surface area contributed by atoms with E-state index in [0.717, 1.165) is 39.0 Å². The largest absolute Gasteiger partial charge is 0.309 e. The highest BCUT2D eigenvalue weighted by Crippen LogP contribution is 2.42. The van der Waals surface area contributed by atoms with Crippen LogP contribution in [-0.4, -0.2) is 4.57 Å². The van der Waals surface area contributed by atoms with Crippen LogP contribution in [0, 0.1) is 11.3 Å². The molecule has 2 heteroatoms. The summed E-state index contributed by atoms with van der Waals surface area (Å²) in [6, 6.07) is 61.9. The van der Waals surface area contributed by atoms with E-state index >= 15 is 0 Å². The lowest BCUT2D eigenvalue weighted by molar-refractivity contribution is 1.18. The van der Waals surface area contributed by atoms with E-state index in [2.05, 4.69) is 144 Å². The van der Waals surface area contributed by atoms with Crippen molar-refractivity contribution in [3.63, 3.8) is 0 Å². The number of aromatic nitrogens is 1. The Balaban J connectivity index is 1.47. The zero-order valence-corrected chi connectivity index (χ0v) is 24.6. The molecule has 0 bridgehead atoms. The first-order valence-electron chi connectivity index (χ1n) is 15.2. The van der Waals surface area contributed by atoms with Crippen molar-refractivity contribution in [1.82, 2.24) is 4.57 Å². The molecule has 0 N–H and O–H groups in total. The third-order valence-corrected chi connectivity index (χ3v) is 8.66. The monoisotopic (exact) mass is 572 g/mol. The van der Waals surface area contributed by atoms with Crippen molar-refractivity contribution in [3.8, 4) is 56.3 Å². The molecule has 8 aromatic rings. The van der Waals surface area contributed by atoms with Crippen molar-refractivity contribution < 1.29 is 0 Å². The first-order chi connectivity index (χ1) is 22.3. The van der Waals surface area contributed by atoms with Gasteiger partial charge in [-0.3, -0.25) is 0 Å². The molecule has 45 heavy (non-hydrogen) atoms. The summed E-state index contributed by atoms with van der Waals surface area (Å²) in [6.07, 6.45) is 0. The first kappa shape index (κ1) is 26.5. The van der Waals surface area contributed by atoms with Gasteiger partial charge in [0.2, 0.25) is 0 Å². The minimum atomic E-state index is 0.668. The number of fused-ring (bicyclic) bond motifs is 3. The highest BCUT2D eigenvalue weighted by atomic mass is 15.0. The second-order valence-corrected chi connectivity index (χ2v) is 11.3. The minimum absolute atomic E-state index is 0.668. The number of rotatable bonds is 5. The van der Waals surface area contributed by atoms with Crippen molar-refractivity contribution in [2.75, 3.05) is 0 Å². The molecule has 0 saturated heterocycles. The molecule has 0 aliphatic carbocycles. The van der Waals surface area contributed by atoms with Crippen LogP contribution >= 0.6 is 0 Å². The summed E-state index contributed by atoms with van der Waals surface area (Å²) in [5.74, 6) is 0. The van der Waals surface area contributed by atoms with Gasteiger partial charge in [0.05, 0.1) is 22.3 Å². The molecule has 2 nitrogen and oxygen atoms in total. The fraction of sp³-hybridized carbons (Fsp3) is 0. The Morgan fingerprint density at radius 1 is 0.400 bits per heavy atom. The number of nitriles is 1. The van der Waals surface area contributed by atoms with Crippen molar-refractivity contribution in [2.24, 2.45) is 0 Å². The Bertz CT molecular complexity index is 2250. The van der Waals surface area contributed by atoms with E-state index in [1.165, 1.54) is 33.0 Å². The topological polar surface area (TPSA) is 28.7 Å². The molecule has 1 aromatic heterocycles. The molecule has 1 heterocycles. The summed E-state index contributed by atoms with van der Waals surface area (Å²) >= 11 is 0. The molecule has 0 radical (unpaired) electrons. The molecular formula is C43H28N2. The summed E-state index contributed by atoms with van der Waals surface area (Å²) in [7, 11) is 0. The Hall–Kier alpha value is -6.17. The fourth-order valence-corrected chi connectivity index (χ4v) is 6.55. The maximum absolute atomic E-state index is 10.7. The van der Waals surface area contributed by atoms with Gasteiger partial charge < -0.3 is 4.57 Å². The molecule has 7 aromatic carbocycles. The van der Waals surface area contributed by atoms with E-state index in [1.807, 2.05) is 36.4 Å². The van der Waals surface area contributed by atoms with Crippen molar-refractivity contribution in [1.29, 1.82) is 5.26 Å². The number of hydrogen-bond donors (Lipinski definition) is 0. The standard InChI is InChI=1S/C43H28N2/c44-29-39-36(32-17-9-3-10-18-32)23-26-42(43(39)33-19-11-4-12-20-33)45-40-24-21-34(30-13-5-1-6-14-30)27-37(40)38-28-35(22-25-41(38)45)31-15-7-2-8-16-31/h1-28H. The molecule has 0 atom stereocenters. The molecule has 0 amide bonds. The van der Waals surface area contributed by atoms with Crippen LogP contribution in [0.3, 0.4) is 0 Å². The molecule has 0 aliphatic heterocycles. The minimum Gasteiger partial charge on any atom is -0.309 e. The fourth-order valence-electron chi connectivity index (χ4n) is 6.55. The summed E-state index contributed by atoms with van der Waals surface area (Å²) in [4.78, 5) is 0. The molecule has 0 unspecified atom stereocenters. The maximum Gasteiger partial charge on any atom is 0.101 e. The first-order valence-corrected chi connectivity index (χ1v) is 15.2. The number of nitrogens with zero attached hydrogens (tertiary/aromatic N) is 2. The summed E-state index contributed by atoms with van der Waals surface area (Å²) in [6.45, 7) is 0. The van der Waals surface area contributed by atoms with E-state index < -0.39 is 0 Å². The van der Waals surface area contributed by atoms with Crippen LogP contribution in [0.25, 0.3) is 72.0 Å². The summed E-state index contributed by atoms with van der Waals surface area (Å²) in [5.41, 5.74) is 12.5.